The van der Waals surface area contributed by atoms with Crippen LogP contribution in [0.2, 0.25) is 0 Å². The normalized spacial score (nSPS) is 9.00. The lowest BCUT2D eigenvalue weighted by Crippen LogP contribution is -1.89. The van der Waals surface area contributed by atoms with Gasteiger partial charge in [-0.1, -0.05) is 12.6 Å². The van der Waals surface area contributed by atoms with E-state index in [4.69, 9.17) is 12.6 Å². The molecule has 47 valence electrons. The molecule has 0 amide bonds. The van der Waals surface area contributed by atoms with E-state index < -0.39 is 0 Å². The van der Waals surface area contributed by atoms with Crippen molar-refractivity contribution in [1.29, 1.82) is 0 Å². The topological polar surface area (TPSA) is 24.9 Å². The molecule has 0 spiro atoms. The van der Waals surface area contributed by atoms with Gasteiger partial charge in [0.15, 0.2) is 0 Å². The summed E-state index contributed by atoms with van der Waals surface area (Å²) in [4.78, 5) is 4.75. The molecule has 0 aromatic carbocycles. The third-order valence-electron chi connectivity index (χ3n) is 0.992. The van der Waals surface area contributed by atoms with Gasteiger partial charge in [0, 0.05) is 13.2 Å². The van der Waals surface area contributed by atoms with E-state index in [1.807, 2.05) is 19.2 Å². The van der Waals surface area contributed by atoms with Crippen LogP contribution in [0.5, 0.6) is 0 Å². The third kappa shape index (κ3) is 1.54. The van der Waals surface area contributed by atoms with Crippen molar-refractivity contribution < 1.29 is 0 Å². The molecule has 0 unspecified atom stereocenters. The number of aromatic nitrogens is 1. The van der Waals surface area contributed by atoms with Gasteiger partial charge in [-0.25, -0.2) is 4.98 Å². The Kier molecular flexibility index (Phi) is 1.85. The molecule has 1 radical (unpaired) electrons. The van der Waals surface area contributed by atoms with E-state index in [9.17, 15) is 0 Å². The molecule has 0 aliphatic heterocycles. The Balaban J connectivity index is 2.88. The zero-order valence-electron chi connectivity index (χ0n) is 5.09. The van der Waals surface area contributed by atoms with Gasteiger partial charge in [0.05, 0.1) is 4.90 Å². The van der Waals surface area contributed by atoms with Crippen molar-refractivity contribution in [3.05, 3.63) is 18.3 Å². The van der Waals surface area contributed by atoms with Gasteiger partial charge in [-0.05, 0) is 12.1 Å². The Morgan fingerprint density at radius 1 is 1.56 bits per heavy atom. The lowest BCUT2D eigenvalue weighted by Gasteiger charge is -1.95. The summed E-state index contributed by atoms with van der Waals surface area (Å²) in [7, 11) is 1.82. The molecule has 1 heterocycles. The first-order chi connectivity index (χ1) is 4.33. The summed E-state index contributed by atoms with van der Waals surface area (Å²) < 4.78 is 0. The monoisotopic (exact) mass is 139 g/mol. The second-order valence-corrected chi connectivity index (χ2v) is 2.10. The highest BCUT2D eigenvalue weighted by Gasteiger charge is 1.86. The quantitative estimate of drug-likeness (QED) is 0.640. The highest BCUT2D eigenvalue weighted by Crippen LogP contribution is 2.06. The molecule has 0 fully saturated rings. The van der Waals surface area contributed by atoms with Crippen LogP contribution in [0.1, 0.15) is 0 Å². The Bertz CT molecular complexity index is 183. The molecule has 0 bridgehead atoms. The minimum absolute atomic E-state index is 0.772. The van der Waals surface area contributed by atoms with Crippen LogP contribution in [0.3, 0.4) is 0 Å². The summed E-state index contributed by atoms with van der Waals surface area (Å²) in [6.45, 7) is 0. The van der Waals surface area contributed by atoms with Gasteiger partial charge in [-0.3, -0.25) is 0 Å². The zero-order chi connectivity index (χ0) is 6.69. The van der Waals surface area contributed by atoms with Crippen LogP contribution in [0, 0.1) is 0 Å². The molecule has 0 saturated carbocycles. The molecule has 1 aromatic heterocycles. The molecule has 1 N–H and O–H groups in total. The number of rotatable bonds is 1. The fraction of sp³-hybridized carbons (Fsp3) is 0.167. The predicted octanol–water partition coefficient (Wildman–Crippen LogP) is 1.68. The minimum atomic E-state index is 0.772. The predicted molar refractivity (Wildman–Crippen MR) is 39.6 cm³/mol. The second-order valence-electron chi connectivity index (χ2n) is 1.63. The standard InChI is InChI=1S/C6H7N2S/c1-7-6-3-2-5(9)4-8-6/h2-4H,1H3,(H,7,8). The van der Waals surface area contributed by atoms with Gasteiger partial charge in [0.2, 0.25) is 0 Å². The number of pyridine rings is 1. The molecular formula is C6H7N2S. The average Bonchev–Trinajstić information content (AvgIpc) is 1.90. The molecule has 0 saturated heterocycles. The molecule has 0 atom stereocenters. The van der Waals surface area contributed by atoms with E-state index in [1.165, 1.54) is 0 Å². The number of nitrogens with one attached hydrogen (secondary N) is 1. The molecule has 1 rings (SSSR count). The van der Waals surface area contributed by atoms with Crippen molar-refractivity contribution in [3.63, 3.8) is 0 Å². The maximum absolute atomic E-state index is 4.83. The molecule has 0 aliphatic rings. The molecule has 0 aliphatic carbocycles. The maximum Gasteiger partial charge on any atom is 0.125 e. The van der Waals surface area contributed by atoms with Crippen LogP contribution in [0.4, 0.5) is 5.82 Å². The van der Waals surface area contributed by atoms with Crippen LogP contribution in [-0.2, 0) is 0 Å². The van der Waals surface area contributed by atoms with Gasteiger partial charge < -0.3 is 5.32 Å². The number of hydrogen-bond donors (Lipinski definition) is 1. The number of hydrogen-bond acceptors (Lipinski definition) is 2. The lowest BCUT2D eigenvalue weighted by atomic mass is 10.5. The van der Waals surface area contributed by atoms with Crippen molar-refractivity contribution in [2.45, 2.75) is 4.90 Å². The molecule has 9 heavy (non-hydrogen) atoms. The first kappa shape index (κ1) is 6.29. The van der Waals surface area contributed by atoms with E-state index in [0.717, 1.165) is 10.7 Å². The summed E-state index contributed by atoms with van der Waals surface area (Å²) in [5, 5.41) is 2.90. The summed E-state index contributed by atoms with van der Waals surface area (Å²) in [5.74, 6) is 0.851. The van der Waals surface area contributed by atoms with Crippen molar-refractivity contribution in [2.75, 3.05) is 12.4 Å². The van der Waals surface area contributed by atoms with Gasteiger partial charge in [0.25, 0.3) is 0 Å². The second kappa shape index (κ2) is 2.64. The summed E-state index contributed by atoms with van der Waals surface area (Å²) in [5.41, 5.74) is 0. The highest BCUT2D eigenvalue weighted by molar-refractivity contribution is 7.80. The lowest BCUT2D eigenvalue weighted by molar-refractivity contribution is 1.22. The van der Waals surface area contributed by atoms with E-state index in [1.54, 1.807) is 6.20 Å². The van der Waals surface area contributed by atoms with Gasteiger partial charge in [0.1, 0.15) is 5.82 Å². The van der Waals surface area contributed by atoms with Crippen LogP contribution in [0.15, 0.2) is 23.2 Å². The SMILES string of the molecule is CNc1ccc([S])cn1. The Morgan fingerprint density at radius 2 is 2.33 bits per heavy atom. The molecule has 3 heteroatoms. The fourth-order valence-corrected chi connectivity index (χ4v) is 0.649. The zero-order valence-corrected chi connectivity index (χ0v) is 5.90. The Hall–Kier alpha value is -0.830. The van der Waals surface area contributed by atoms with Crippen LogP contribution < -0.4 is 5.32 Å². The van der Waals surface area contributed by atoms with E-state index in [2.05, 4.69) is 10.3 Å². The molecule has 2 nitrogen and oxygen atoms in total. The summed E-state index contributed by atoms with van der Waals surface area (Å²) >= 11 is 4.83. The van der Waals surface area contributed by atoms with Crippen molar-refractivity contribution in [2.24, 2.45) is 0 Å². The molecule has 1 aromatic rings. The Morgan fingerprint density at radius 3 is 2.78 bits per heavy atom. The Labute approximate surface area is 59.7 Å². The number of anilines is 1. The summed E-state index contributed by atoms with van der Waals surface area (Å²) in [6.07, 6.45) is 1.65. The first-order valence-electron chi connectivity index (χ1n) is 2.64. The highest BCUT2D eigenvalue weighted by atomic mass is 32.1. The molecular weight excluding hydrogens is 132 g/mol. The third-order valence-corrected chi connectivity index (χ3v) is 1.23. The van der Waals surface area contributed by atoms with E-state index in [-0.39, 0.29) is 0 Å². The minimum Gasteiger partial charge on any atom is -0.373 e. The fourth-order valence-electron chi connectivity index (χ4n) is 0.528. The average molecular weight is 139 g/mol. The van der Waals surface area contributed by atoms with Gasteiger partial charge in [-0.2, -0.15) is 0 Å². The maximum atomic E-state index is 4.83. The van der Waals surface area contributed by atoms with Crippen LogP contribution in [0.25, 0.3) is 0 Å². The largest absolute Gasteiger partial charge is 0.373 e. The van der Waals surface area contributed by atoms with Gasteiger partial charge in [-0.15, -0.1) is 0 Å². The van der Waals surface area contributed by atoms with Crippen molar-refractivity contribution >= 4 is 18.4 Å². The van der Waals surface area contributed by atoms with E-state index >= 15 is 0 Å². The van der Waals surface area contributed by atoms with Crippen LogP contribution >= 0.6 is 12.6 Å². The summed E-state index contributed by atoms with van der Waals surface area (Å²) in [6, 6.07) is 3.69. The number of nitrogens with zero attached hydrogens (tertiary/aromatic N) is 1. The van der Waals surface area contributed by atoms with Gasteiger partial charge >= 0.3 is 0 Å². The van der Waals surface area contributed by atoms with E-state index in [0.29, 0.717) is 0 Å². The van der Waals surface area contributed by atoms with Crippen molar-refractivity contribution in [3.8, 4) is 0 Å². The smallest absolute Gasteiger partial charge is 0.125 e. The van der Waals surface area contributed by atoms with Crippen molar-refractivity contribution in [1.82, 2.24) is 4.98 Å². The van der Waals surface area contributed by atoms with Crippen LogP contribution in [-0.4, -0.2) is 12.0 Å². The first-order valence-corrected chi connectivity index (χ1v) is 3.04.